The molecule has 0 aromatic heterocycles. The highest BCUT2D eigenvalue weighted by molar-refractivity contribution is 8.18. The average molecular weight is 381 g/mol. The Morgan fingerprint density at radius 2 is 1.70 bits per heavy atom. The van der Waals surface area contributed by atoms with E-state index in [1.807, 2.05) is 18.2 Å². The van der Waals surface area contributed by atoms with Gasteiger partial charge in [-0.05, 0) is 46.5 Å². The molecular weight excluding hydrogens is 362 g/mol. The van der Waals surface area contributed by atoms with Crippen molar-refractivity contribution in [3.05, 3.63) is 74.7 Å². The van der Waals surface area contributed by atoms with E-state index in [-0.39, 0.29) is 16.3 Å². The molecule has 1 heterocycles. The number of aliphatic imine (C=N–C) groups is 1. The number of benzene rings is 2. The molecule has 0 saturated carbocycles. The lowest BCUT2D eigenvalue weighted by atomic mass is 9.87. The molecule has 1 fully saturated rings. The first-order valence-corrected chi connectivity index (χ1v) is 9.18. The van der Waals surface area contributed by atoms with E-state index < -0.39 is 4.92 Å². The van der Waals surface area contributed by atoms with Gasteiger partial charge in [-0.3, -0.25) is 14.9 Å². The van der Waals surface area contributed by atoms with Crippen LogP contribution in [0.2, 0.25) is 0 Å². The maximum absolute atomic E-state index is 11.8. The summed E-state index contributed by atoms with van der Waals surface area (Å²) in [5, 5.41) is 13.3. The lowest BCUT2D eigenvalue weighted by Gasteiger charge is -2.18. The van der Waals surface area contributed by atoms with Gasteiger partial charge in [-0.2, -0.15) is 0 Å². The maximum atomic E-state index is 11.8. The summed E-state index contributed by atoms with van der Waals surface area (Å²) < 4.78 is 0. The molecule has 138 valence electrons. The molecular formula is C20H19N3O3S. The summed E-state index contributed by atoms with van der Waals surface area (Å²) >= 11 is 1.08. The van der Waals surface area contributed by atoms with Gasteiger partial charge in [-0.25, -0.2) is 4.99 Å². The largest absolute Gasteiger partial charge is 0.300 e. The number of carbonyl (C=O) groups excluding carboxylic acids is 1. The molecule has 1 N–H and O–H groups in total. The Morgan fingerprint density at radius 1 is 1.07 bits per heavy atom. The van der Waals surface area contributed by atoms with Crippen LogP contribution in [0.3, 0.4) is 0 Å². The Bertz CT molecular complexity index is 940. The van der Waals surface area contributed by atoms with E-state index in [9.17, 15) is 14.9 Å². The lowest BCUT2D eigenvalue weighted by Crippen LogP contribution is -2.18. The predicted octanol–water partition coefficient (Wildman–Crippen LogP) is 5.42. The molecule has 1 saturated heterocycles. The smallest absolute Gasteiger partial charge is 0.289 e. The van der Waals surface area contributed by atoms with Crippen molar-refractivity contribution in [1.29, 1.82) is 0 Å². The number of rotatable bonds is 3. The van der Waals surface area contributed by atoms with Crippen LogP contribution >= 0.6 is 11.8 Å². The monoisotopic (exact) mass is 381 g/mol. The van der Waals surface area contributed by atoms with Crippen molar-refractivity contribution in [1.82, 2.24) is 5.32 Å². The van der Waals surface area contributed by atoms with E-state index in [1.165, 1.54) is 17.7 Å². The number of hydrogen-bond donors (Lipinski definition) is 1. The molecule has 0 aliphatic carbocycles. The topological polar surface area (TPSA) is 84.6 Å². The third-order valence-corrected chi connectivity index (χ3v) is 4.85. The van der Waals surface area contributed by atoms with Crippen molar-refractivity contribution in [2.24, 2.45) is 4.99 Å². The van der Waals surface area contributed by atoms with Crippen molar-refractivity contribution >= 4 is 40.3 Å². The molecule has 0 spiro atoms. The first-order chi connectivity index (χ1) is 12.7. The molecule has 0 unspecified atom stereocenters. The molecule has 0 radical (unpaired) electrons. The Morgan fingerprint density at radius 3 is 2.26 bits per heavy atom. The van der Waals surface area contributed by atoms with Crippen molar-refractivity contribution in [3.8, 4) is 0 Å². The van der Waals surface area contributed by atoms with Crippen LogP contribution in [0.15, 0.2) is 58.4 Å². The van der Waals surface area contributed by atoms with Gasteiger partial charge in [0.25, 0.3) is 10.9 Å². The fourth-order valence-corrected chi connectivity index (χ4v) is 3.26. The van der Waals surface area contributed by atoms with E-state index in [0.717, 1.165) is 17.3 Å². The van der Waals surface area contributed by atoms with Gasteiger partial charge in [0.2, 0.25) is 0 Å². The number of hydrogen-bond acceptors (Lipinski definition) is 5. The zero-order valence-corrected chi connectivity index (χ0v) is 16.0. The minimum Gasteiger partial charge on any atom is -0.300 e. The highest BCUT2D eigenvalue weighted by Gasteiger charge is 2.23. The minimum absolute atomic E-state index is 0.00140. The van der Waals surface area contributed by atoms with Crippen LogP contribution in [0, 0.1) is 10.1 Å². The van der Waals surface area contributed by atoms with Crippen LogP contribution in [0.25, 0.3) is 6.08 Å². The summed E-state index contributed by atoms with van der Waals surface area (Å²) in [6.07, 6.45) is 1.90. The quantitative estimate of drug-likeness (QED) is 0.568. The van der Waals surface area contributed by atoms with E-state index in [2.05, 4.69) is 43.2 Å². The number of thioether (sulfide) groups is 1. The molecule has 0 atom stereocenters. The molecule has 7 heteroatoms. The first kappa shape index (κ1) is 18.8. The minimum atomic E-state index is -0.462. The summed E-state index contributed by atoms with van der Waals surface area (Å²) in [6, 6.07) is 14.1. The molecule has 1 aliphatic rings. The molecule has 2 aromatic carbocycles. The lowest BCUT2D eigenvalue weighted by molar-refractivity contribution is -0.384. The van der Waals surface area contributed by atoms with E-state index in [4.69, 9.17) is 0 Å². The number of amidine groups is 1. The predicted molar refractivity (Wildman–Crippen MR) is 109 cm³/mol. The number of non-ortho nitro benzene ring substituents is 1. The molecule has 1 aliphatic heterocycles. The number of nitro groups is 1. The van der Waals surface area contributed by atoms with Crippen molar-refractivity contribution in [3.63, 3.8) is 0 Å². The van der Waals surface area contributed by atoms with Crippen LogP contribution in [-0.4, -0.2) is 16.0 Å². The highest BCUT2D eigenvalue weighted by atomic mass is 32.2. The van der Waals surface area contributed by atoms with E-state index in [0.29, 0.717) is 16.4 Å². The Labute approximate surface area is 161 Å². The second-order valence-electron chi connectivity index (χ2n) is 7.13. The van der Waals surface area contributed by atoms with Gasteiger partial charge in [0.05, 0.1) is 15.5 Å². The number of amides is 1. The molecule has 0 bridgehead atoms. The van der Waals surface area contributed by atoms with Crippen LogP contribution < -0.4 is 5.32 Å². The molecule has 3 rings (SSSR count). The van der Waals surface area contributed by atoms with Crippen LogP contribution in [0.1, 0.15) is 31.9 Å². The fraction of sp³-hybridized carbons (Fsp3) is 0.200. The standard InChI is InChI=1S/C20H19N3O3S/c1-20(2,3)14-6-4-13(5-7-14)12-17-18(22-19(24)27-17)21-15-8-10-16(11-9-15)23(25)26/h4-12H,1-3H3,(H,21,22,24)/b17-12-. The van der Waals surface area contributed by atoms with E-state index in [1.54, 1.807) is 12.1 Å². The number of nitrogens with one attached hydrogen (secondary N) is 1. The van der Waals surface area contributed by atoms with Gasteiger partial charge in [-0.1, -0.05) is 45.0 Å². The van der Waals surface area contributed by atoms with Crippen molar-refractivity contribution < 1.29 is 9.72 Å². The van der Waals surface area contributed by atoms with Gasteiger partial charge >= 0.3 is 0 Å². The summed E-state index contributed by atoms with van der Waals surface area (Å²) in [7, 11) is 0. The normalized spacial score (nSPS) is 17.4. The summed E-state index contributed by atoms with van der Waals surface area (Å²) in [4.78, 5) is 27.2. The second-order valence-corrected chi connectivity index (χ2v) is 8.14. The van der Waals surface area contributed by atoms with Crippen molar-refractivity contribution in [2.75, 3.05) is 0 Å². The maximum Gasteiger partial charge on any atom is 0.289 e. The average Bonchev–Trinajstić information content (AvgIpc) is 2.94. The third-order valence-electron chi connectivity index (χ3n) is 4.03. The second kappa shape index (κ2) is 7.36. The third kappa shape index (κ3) is 4.62. The zero-order chi connectivity index (χ0) is 19.6. The van der Waals surface area contributed by atoms with Gasteiger partial charge < -0.3 is 5.32 Å². The molecule has 2 aromatic rings. The Balaban J connectivity index is 1.88. The Kier molecular flexibility index (Phi) is 5.14. The SMILES string of the molecule is CC(C)(C)c1ccc(/C=C2\SC(=O)NC2=Nc2ccc([N+](=O)[O-])cc2)cc1. The number of carbonyl (C=O) groups is 1. The van der Waals surface area contributed by atoms with Crippen molar-refractivity contribution in [2.45, 2.75) is 26.2 Å². The van der Waals surface area contributed by atoms with Crippen LogP contribution in [0.5, 0.6) is 0 Å². The Hall–Kier alpha value is -2.93. The van der Waals surface area contributed by atoms with Gasteiger partial charge in [-0.15, -0.1) is 0 Å². The summed E-state index contributed by atoms with van der Waals surface area (Å²) in [6.45, 7) is 6.47. The van der Waals surface area contributed by atoms with Crippen LogP contribution in [-0.2, 0) is 5.41 Å². The first-order valence-electron chi connectivity index (χ1n) is 8.37. The fourth-order valence-electron chi connectivity index (χ4n) is 2.52. The molecule has 1 amide bonds. The van der Waals surface area contributed by atoms with Gasteiger partial charge in [0, 0.05) is 12.1 Å². The molecule has 27 heavy (non-hydrogen) atoms. The van der Waals surface area contributed by atoms with Crippen LogP contribution in [0.4, 0.5) is 16.2 Å². The van der Waals surface area contributed by atoms with E-state index >= 15 is 0 Å². The number of nitro benzene ring substituents is 1. The van der Waals surface area contributed by atoms with Gasteiger partial charge in [0.1, 0.15) is 5.84 Å². The zero-order valence-electron chi connectivity index (χ0n) is 15.2. The summed E-state index contributed by atoms with van der Waals surface area (Å²) in [5.41, 5.74) is 2.82. The molecule has 6 nitrogen and oxygen atoms in total. The highest BCUT2D eigenvalue weighted by Crippen LogP contribution is 2.30. The number of nitrogens with zero attached hydrogens (tertiary/aromatic N) is 2. The summed E-state index contributed by atoms with van der Waals surface area (Å²) in [5.74, 6) is 0.443. The van der Waals surface area contributed by atoms with Gasteiger partial charge in [0.15, 0.2) is 0 Å².